The highest BCUT2D eigenvalue weighted by atomic mass is 32.1. The fourth-order valence-corrected chi connectivity index (χ4v) is 7.35. The van der Waals surface area contributed by atoms with Gasteiger partial charge in [-0.3, -0.25) is 9.20 Å². The van der Waals surface area contributed by atoms with Crippen LogP contribution in [0.1, 0.15) is 22.3 Å². The number of halogens is 1. The van der Waals surface area contributed by atoms with Gasteiger partial charge in [0.1, 0.15) is 22.8 Å². The number of hydrogen-bond donors (Lipinski definition) is 2. The Labute approximate surface area is 179 Å². The minimum Gasteiger partial charge on any atom is -0.477 e. The summed E-state index contributed by atoms with van der Waals surface area (Å²) in [5, 5.41) is 11.4. The summed E-state index contributed by atoms with van der Waals surface area (Å²) in [4.78, 5) is 27.2. The lowest BCUT2D eigenvalue weighted by atomic mass is 9.82. The number of nitrogens with zero attached hydrogens (tertiary/aromatic N) is 2. The molecule has 4 aliphatic rings. The van der Waals surface area contributed by atoms with Gasteiger partial charge in [0.15, 0.2) is 0 Å². The molecule has 0 amide bonds. The second-order valence-corrected chi connectivity index (χ2v) is 9.97. The number of benzene rings is 1. The van der Waals surface area contributed by atoms with E-state index in [1.54, 1.807) is 9.78 Å². The lowest BCUT2D eigenvalue weighted by molar-refractivity contribution is 0.0697. The number of allylic oxidation sites excluding steroid dienone is 1. The van der Waals surface area contributed by atoms with Crippen LogP contribution in [0.2, 0.25) is 0 Å². The Morgan fingerprint density at radius 1 is 1.39 bits per heavy atom. The first-order chi connectivity index (χ1) is 14.9. The average Bonchev–Trinajstić information content (AvgIpc) is 3.47. The molecule has 3 N–H and O–H groups in total. The van der Waals surface area contributed by atoms with Crippen molar-refractivity contribution in [3.63, 3.8) is 0 Å². The molecular formula is C22H18FN3O4S. The minimum atomic E-state index is -1.33. The molecule has 7 rings (SSSR count). The number of hydrogen-bond acceptors (Lipinski definition) is 6. The summed E-state index contributed by atoms with van der Waals surface area (Å²) in [5.41, 5.74) is 6.87. The molecule has 0 radical (unpaired) electrons. The molecule has 7 nitrogen and oxygen atoms in total. The van der Waals surface area contributed by atoms with Crippen LogP contribution in [0.3, 0.4) is 0 Å². The first-order valence-electron chi connectivity index (χ1n) is 10.3. The number of anilines is 1. The number of pyridine rings is 1. The van der Waals surface area contributed by atoms with Crippen molar-refractivity contribution in [3.8, 4) is 5.88 Å². The molecular weight excluding hydrogens is 421 g/mol. The van der Waals surface area contributed by atoms with E-state index in [1.165, 1.54) is 6.07 Å². The largest absolute Gasteiger partial charge is 0.477 e. The number of carboxylic acid groups (broad SMARTS) is 1. The van der Waals surface area contributed by atoms with Crippen molar-refractivity contribution in [1.82, 2.24) is 4.40 Å². The van der Waals surface area contributed by atoms with Gasteiger partial charge in [-0.15, -0.1) is 11.3 Å². The number of carboxylic acids is 1. The topological polar surface area (TPSA) is 97.3 Å². The molecule has 1 saturated heterocycles. The smallest absolute Gasteiger partial charge is 0.342 e. The van der Waals surface area contributed by atoms with Gasteiger partial charge in [-0.05, 0) is 24.3 Å². The second-order valence-electron chi connectivity index (χ2n) is 9.11. The van der Waals surface area contributed by atoms with Gasteiger partial charge in [-0.2, -0.15) is 0 Å². The summed E-state index contributed by atoms with van der Waals surface area (Å²) in [5.74, 6) is -0.303. The van der Waals surface area contributed by atoms with Crippen LogP contribution < -0.4 is 20.8 Å². The number of fused-ring (bicyclic) bond motifs is 5. The fourth-order valence-electron chi connectivity index (χ4n) is 6.38. The van der Waals surface area contributed by atoms with Crippen molar-refractivity contribution < 1.29 is 19.0 Å². The average molecular weight is 439 g/mol. The molecule has 31 heavy (non-hydrogen) atoms. The monoisotopic (exact) mass is 439 g/mol. The zero-order valence-corrected chi connectivity index (χ0v) is 17.1. The third-order valence-electron chi connectivity index (χ3n) is 7.67. The van der Waals surface area contributed by atoms with E-state index in [1.807, 2.05) is 4.90 Å². The Balaban J connectivity index is 1.48. The van der Waals surface area contributed by atoms with Crippen LogP contribution in [-0.4, -0.2) is 34.1 Å². The molecule has 9 heteroatoms. The molecule has 2 aromatic heterocycles. The van der Waals surface area contributed by atoms with E-state index in [4.69, 9.17) is 10.5 Å². The molecule has 4 unspecified atom stereocenters. The van der Waals surface area contributed by atoms with Crippen molar-refractivity contribution in [2.45, 2.75) is 18.6 Å². The zero-order valence-electron chi connectivity index (χ0n) is 16.3. The zero-order chi connectivity index (χ0) is 21.2. The Hall–Kier alpha value is -2.91. The molecule has 2 aliphatic heterocycles. The van der Waals surface area contributed by atoms with Crippen LogP contribution in [0, 0.1) is 23.6 Å². The highest BCUT2D eigenvalue weighted by Crippen LogP contribution is 2.54. The normalized spacial score (nSPS) is 30.0. The van der Waals surface area contributed by atoms with Crippen LogP contribution in [0.15, 0.2) is 28.4 Å². The minimum absolute atomic E-state index is 0.0746. The predicted molar refractivity (Wildman–Crippen MR) is 114 cm³/mol. The van der Waals surface area contributed by atoms with E-state index in [2.05, 4.69) is 12.2 Å². The third-order valence-corrected chi connectivity index (χ3v) is 8.60. The quantitative estimate of drug-likeness (QED) is 0.596. The number of carbonyl (C=O) groups is 1. The van der Waals surface area contributed by atoms with Gasteiger partial charge in [0, 0.05) is 30.1 Å². The summed E-state index contributed by atoms with van der Waals surface area (Å²) in [6.45, 7) is 1.48. The first kappa shape index (κ1) is 17.7. The lowest BCUT2D eigenvalue weighted by Crippen LogP contribution is -2.43. The number of aromatic carboxylic acids is 1. The van der Waals surface area contributed by atoms with Crippen molar-refractivity contribution in [3.05, 3.63) is 50.8 Å². The standard InChI is InChI=1S/C22H18FN3O4S/c23-14-3-10-17-12(7-30-15-8-31-20(26(15)17)16(19(10)27)21(28)29)18(14)25-5-11-9-1-2-22(24,4-9)13(11)6-25/h1-3,8-9,11,13H,4-7,24H2,(H,28,29). The van der Waals surface area contributed by atoms with E-state index in [9.17, 15) is 14.7 Å². The maximum absolute atomic E-state index is 15.5. The molecule has 158 valence electrons. The first-order valence-corrected chi connectivity index (χ1v) is 11.2. The number of rotatable bonds is 2. The van der Waals surface area contributed by atoms with Crippen LogP contribution >= 0.6 is 11.3 Å². The Morgan fingerprint density at radius 2 is 2.23 bits per heavy atom. The Kier molecular flexibility index (Phi) is 3.13. The Bertz CT molecular complexity index is 1440. The van der Waals surface area contributed by atoms with Crippen LogP contribution in [0.25, 0.3) is 15.7 Å². The summed E-state index contributed by atoms with van der Waals surface area (Å²) in [7, 11) is 0. The highest BCUT2D eigenvalue weighted by molar-refractivity contribution is 7.16. The molecule has 2 bridgehead atoms. The molecule has 2 aliphatic carbocycles. The van der Waals surface area contributed by atoms with Crippen molar-refractivity contribution >= 4 is 38.7 Å². The molecule has 1 aromatic carbocycles. The van der Waals surface area contributed by atoms with Gasteiger partial charge in [-0.1, -0.05) is 12.2 Å². The van der Waals surface area contributed by atoms with Crippen molar-refractivity contribution in [1.29, 1.82) is 0 Å². The van der Waals surface area contributed by atoms with Crippen LogP contribution in [-0.2, 0) is 6.61 Å². The van der Waals surface area contributed by atoms with Crippen molar-refractivity contribution in [2.24, 2.45) is 23.5 Å². The molecule has 4 heterocycles. The summed E-state index contributed by atoms with van der Waals surface area (Å²) < 4.78 is 23.0. The second kappa shape index (κ2) is 5.46. The summed E-state index contributed by atoms with van der Waals surface area (Å²) >= 11 is 1.14. The molecule has 2 fully saturated rings. The van der Waals surface area contributed by atoms with Crippen LogP contribution in [0.5, 0.6) is 5.88 Å². The number of thiazole rings is 1. The predicted octanol–water partition coefficient (Wildman–Crippen LogP) is 2.58. The maximum Gasteiger partial charge on any atom is 0.342 e. The summed E-state index contributed by atoms with van der Waals surface area (Å²) in [6.07, 6.45) is 5.27. The number of aromatic nitrogens is 1. The van der Waals surface area contributed by atoms with Crippen molar-refractivity contribution in [2.75, 3.05) is 18.0 Å². The van der Waals surface area contributed by atoms with Gasteiger partial charge in [0.05, 0.1) is 22.0 Å². The molecule has 4 atom stereocenters. The van der Waals surface area contributed by atoms with Gasteiger partial charge in [-0.25, -0.2) is 9.18 Å². The third kappa shape index (κ3) is 2.01. The Morgan fingerprint density at radius 3 is 3.00 bits per heavy atom. The van der Waals surface area contributed by atoms with Gasteiger partial charge in [0.2, 0.25) is 11.3 Å². The number of ether oxygens (including phenoxy) is 1. The lowest BCUT2D eigenvalue weighted by Gasteiger charge is -2.30. The molecule has 3 aromatic rings. The molecule has 0 spiro atoms. The van der Waals surface area contributed by atoms with Gasteiger partial charge < -0.3 is 20.5 Å². The van der Waals surface area contributed by atoms with E-state index >= 15 is 4.39 Å². The van der Waals surface area contributed by atoms with E-state index in [0.29, 0.717) is 52.4 Å². The highest BCUT2D eigenvalue weighted by Gasteiger charge is 2.56. The SMILES string of the molecule is NC12C=CC(C1)C1CN(c3c(F)cc4c(=O)c(C(=O)O)c5scc6n5c4c3CO6)CC12. The van der Waals surface area contributed by atoms with Crippen LogP contribution in [0.4, 0.5) is 10.1 Å². The maximum atomic E-state index is 15.5. The van der Waals surface area contributed by atoms with Gasteiger partial charge >= 0.3 is 5.97 Å². The van der Waals surface area contributed by atoms with E-state index in [0.717, 1.165) is 17.8 Å². The number of nitrogens with two attached hydrogens (primary N) is 1. The van der Waals surface area contributed by atoms with E-state index in [-0.39, 0.29) is 29.0 Å². The molecule has 1 saturated carbocycles. The fraction of sp³-hybridized carbons (Fsp3) is 0.364. The van der Waals surface area contributed by atoms with E-state index < -0.39 is 17.2 Å². The van der Waals surface area contributed by atoms with Gasteiger partial charge in [0.25, 0.3) is 0 Å². The summed E-state index contributed by atoms with van der Waals surface area (Å²) in [6, 6.07) is 1.20.